The van der Waals surface area contributed by atoms with Gasteiger partial charge in [0.1, 0.15) is 17.3 Å². The third kappa shape index (κ3) is 3.15. The summed E-state index contributed by atoms with van der Waals surface area (Å²) in [6.45, 7) is 0.522. The highest BCUT2D eigenvalue weighted by Gasteiger charge is 2.27. The van der Waals surface area contributed by atoms with Crippen LogP contribution in [0.3, 0.4) is 0 Å². The summed E-state index contributed by atoms with van der Waals surface area (Å²) in [6.07, 6.45) is -0.564. The van der Waals surface area contributed by atoms with E-state index in [1.54, 1.807) is 18.2 Å². The summed E-state index contributed by atoms with van der Waals surface area (Å²) < 4.78 is 45.6. The third-order valence-electron chi connectivity index (χ3n) is 3.38. The number of hydrogen-bond acceptors (Lipinski definition) is 4. The number of benzene rings is 2. The first kappa shape index (κ1) is 16.5. The van der Waals surface area contributed by atoms with E-state index in [0.717, 1.165) is 18.2 Å². The summed E-state index contributed by atoms with van der Waals surface area (Å²) in [5, 5.41) is -0.109. The van der Waals surface area contributed by atoms with Crippen LogP contribution in [0.4, 0.5) is 20.6 Å². The molecule has 6 nitrogen and oxygen atoms in total. The van der Waals surface area contributed by atoms with Crippen LogP contribution in [0.5, 0.6) is 0 Å². The second-order valence-electron chi connectivity index (χ2n) is 4.96. The molecule has 3 rings (SSSR count). The van der Waals surface area contributed by atoms with Gasteiger partial charge in [-0.2, -0.15) is 0 Å². The molecule has 1 saturated heterocycles. The maximum Gasteiger partial charge on any atom is 0.414 e. The molecule has 0 atom stereocenters. The molecule has 0 aliphatic carbocycles. The minimum Gasteiger partial charge on any atom is -0.447 e. The number of nitrogens with one attached hydrogen (secondary N) is 1. The normalized spacial score (nSPS) is 14.6. The van der Waals surface area contributed by atoms with Crippen molar-refractivity contribution in [1.82, 2.24) is 0 Å². The first-order valence-electron chi connectivity index (χ1n) is 6.90. The Morgan fingerprint density at radius 2 is 1.96 bits per heavy atom. The highest BCUT2D eigenvalue weighted by atomic mass is 35.5. The van der Waals surface area contributed by atoms with Crippen molar-refractivity contribution >= 4 is 39.1 Å². The van der Waals surface area contributed by atoms with E-state index in [-0.39, 0.29) is 22.2 Å². The number of nitrogens with zero attached hydrogens (tertiary/aromatic N) is 1. The SMILES string of the molecule is O=C1OCCN1c1ccccc1NS(=O)(=O)c1cc(F)ccc1Cl. The Balaban J connectivity index is 1.99. The van der Waals surface area contributed by atoms with Crippen molar-refractivity contribution in [2.75, 3.05) is 22.8 Å². The summed E-state index contributed by atoms with van der Waals surface area (Å²) in [6, 6.07) is 9.40. The van der Waals surface area contributed by atoms with Gasteiger partial charge in [0.25, 0.3) is 10.0 Å². The standard InChI is InChI=1S/C15H12ClFN2O4S/c16-11-6-5-10(17)9-14(11)24(21,22)18-12-3-1-2-4-13(12)19-7-8-23-15(19)20/h1-6,9,18H,7-8H2. The number of anilines is 2. The number of sulfonamides is 1. The van der Waals surface area contributed by atoms with Gasteiger partial charge in [-0.3, -0.25) is 9.62 Å². The first-order valence-corrected chi connectivity index (χ1v) is 8.76. The highest BCUT2D eigenvalue weighted by molar-refractivity contribution is 7.92. The zero-order valence-electron chi connectivity index (χ0n) is 12.2. The number of halogens is 2. The zero-order chi connectivity index (χ0) is 17.3. The molecular formula is C15H12ClFN2O4S. The van der Waals surface area contributed by atoms with E-state index in [9.17, 15) is 17.6 Å². The number of rotatable bonds is 4. The lowest BCUT2D eigenvalue weighted by Gasteiger charge is -2.18. The number of cyclic esters (lactones) is 1. The lowest BCUT2D eigenvalue weighted by Crippen LogP contribution is -2.25. The quantitative estimate of drug-likeness (QED) is 0.896. The lowest BCUT2D eigenvalue weighted by atomic mass is 10.2. The van der Waals surface area contributed by atoms with Gasteiger partial charge in [0, 0.05) is 0 Å². The van der Waals surface area contributed by atoms with Crippen LogP contribution in [0.15, 0.2) is 47.4 Å². The molecule has 1 aliphatic heterocycles. The van der Waals surface area contributed by atoms with E-state index in [2.05, 4.69) is 4.72 Å². The van der Waals surface area contributed by atoms with Gasteiger partial charge in [-0.05, 0) is 30.3 Å². The highest BCUT2D eigenvalue weighted by Crippen LogP contribution is 2.31. The van der Waals surface area contributed by atoms with E-state index in [0.29, 0.717) is 12.2 Å². The van der Waals surface area contributed by atoms with Crippen molar-refractivity contribution in [2.45, 2.75) is 4.90 Å². The maximum absolute atomic E-state index is 13.4. The molecule has 126 valence electrons. The van der Waals surface area contributed by atoms with E-state index < -0.39 is 21.9 Å². The molecule has 1 N–H and O–H groups in total. The number of amides is 1. The molecule has 2 aromatic rings. The van der Waals surface area contributed by atoms with E-state index in [1.165, 1.54) is 11.0 Å². The summed E-state index contributed by atoms with van der Waals surface area (Å²) in [5.74, 6) is -0.726. The molecule has 24 heavy (non-hydrogen) atoms. The molecule has 2 aromatic carbocycles. The average molecular weight is 371 g/mol. The van der Waals surface area contributed by atoms with E-state index in [1.807, 2.05) is 0 Å². The second kappa shape index (κ2) is 6.29. The molecule has 0 aromatic heterocycles. The van der Waals surface area contributed by atoms with Crippen LogP contribution in [0.2, 0.25) is 5.02 Å². The molecule has 1 fully saturated rings. The Hall–Kier alpha value is -2.32. The fraction of sp³-hybridized carbons (Fsp3) is 0.133. The van der Waals surface area contributed by atoms with Gasteiger partial charge in [-0.1, -0.05) is 23.7 Å². The Morgan fingerprint density at radius 3 is 2.67 bits per heavy atom. The van der Waals surface area contributed by atoms with Gasteiger partial charge in [0.05, 0.1) is 22.9 Å². The lowest BCUT2D eigenvalue weighted by molar-refractivity contribution is 0.181. The number of carbonyl (C=O) groups excluding carboxylic acids is 1. The van der Waals surface area contributed by atoms with Gasteiger partial charge < -0.3 is 4.74 Å². The predicted octanol–water partition coefficient (Wildman–Crippen LogP) is 3.24. The number of ether oxygens (including phenoxy) is 1. The van der Waals surface area contributed by atoms with Crippen LogP contribution in [0, 0.1) is 5.82 Å². The van der Waals surface area contributed by atoms with Gasteiger partial charge in [0.15, 0.2) is 0 Å². The molecule has 0 spiro atoms. The molecule has 1 heterocycles. The zero-order valence-corrected chi connectivity index (χ0v) is 13.8. The largest absolute Gasteiger partial charge is 0.447 e. The average Bonchev–Trinajstić information content (AvgIpc) is 2.96. The number of para-hydroxylation sites is 2. The van der Waals surface area contributed by atoms with Crippen molar-refractivity contribution in [3.05, 3.63) is 53.3 Å². The van der Waals surface area contributed by atoms with Gasteiger partial charge >= 0.3 is 6.09 Å². The van der Waals surface area contributed by atoms with Crippen LogP contribution >= 0.6 is 11.6 Å². The van der Waals surface area contributed by atoms with Crippen LogP contribution in [-0.2, 0) is 14.8 Å². The summed E-state index contributed by atoms with van der Waals surface area (Å²) in [7, 11) is -4.14. The maximum atomic E-state index is 13.4. The molecular weight excluding hydrogens is 359 g/mol. The summed E-state index contributed by atoms with van der Waals surface area (Å²) in [5.41, 5.74) is 0.507. The van der Waals surface area contributed by atoms with Crippen LogP contribution in [-0.4, -0.2) is 27.7 Å². The number of carbonyl (C=O) groups is 1. The van der Waals surface area contributed by atoms with Gasteiger partial charge in [-0.25, -0.2) is 17.6 Å². The van der Waals surface area contributed by atoms with Crippen LogP contribution in [0.25, 0.3) is 0 Å². The minimum atomic E-state index is -4.14. The fourth-order valence-electron chi connectivity index (χ4n) is 2.29. The molecule has 1 amide bonds. The predicted molar refractivity (Wildman–Crippen MR) is 87.4 cm³/mol. The van der Waals surface area contributed by atoms with Crippen LogP contribution in [0.1, 0.15) is 0 Å². The fourth-order valence-corrected chi connectivity index (χ4v) is 3.88. The van der Waals surface area contributed by atoms with E-state index in [4.69, 9.17) is 16.3 Å². The third-order valence-corrected chi connectivity index (χ3v) is 5.23. The topological polar surface area (TPSA) is 75.7 Å². The Morgan fingerprint density at radius 1 is 1.21 bits per heavy atom. The molecule has 0 radical (unpaired) electrons. The van der Waals surface area contributed by atoms with Gasteiger partial charge in [0.2, 0.25) is 0 Å². The molecule has 0 bridgehead atoms. The summed E-state index contributed by atoms with van der Waals surface area (Å²) in [4.78, 5) is 12.6. The van der Waals surface area contributed by atoms with Crippen molar-refractivity contribution in [3.8, 4) is 0 Å². The minimum absolute atomic E-state index is 0.109. The monoisotopic (exact) mass is 370 g/mol. The number of hydrogen-bond donors (Lipinski definition) is 1. The van der Waals surface area contributed by atoms with Crippen molar-refractivity contribution in [1.29, 1.82) is 0 Å². The first-order chi connectivity index (χ1) is 11.4. The van der Waals surface area contributed by atoms with E-state index >= 15 is 0 Å². The smallest absolute Gasteiger partial charge is 0.414 e. The second-order valence-corrected chi connectivity index (χ2v) is 7.02. The summed E-state index contributed by atoms with van der Waals surface area (Å²) >= 11 is 5.87. The van der Waals surface area contributed by atoms with Gasteiger partial charge in [-0.15, -0.1) is 0 Å². The Kier molecular flexibility index (Phi) is 4.33. The van der Waals surface area contributed by atoms with Crippen molar-refractivity contribution < 1.29 is 22.3 Å². The van der Waals surface area contributed by atoms with Crippen LogP contribution < -0.4 is 9.62 Å². The molecule has 0 saturated carbocycles. The van der Waals surface area contributed by atoms with Crippen molar-refractivity contribution in [3.63, 3.8) is 0 Å². The molecule has 1 aliphatic rings. The Bertz CT molecular complexity index is 904. The molecule has 9 heteroatoms. The Labute approximate surface area is 142 Å². The molecule has 0 unspecified atom stereocenters. The van der Waals surface area contributed by atoms with Crippen molar-refractivity contribution in [2.24, 2.45) is 0 Å².